The van der Waals surface area contributed by atoms with Gasteiger partial charge in [-0.25, -0.2) is 4.99 Å². The second-order valence-electron chi connectivity index (χ2n) is 4.56. The van der Waals surface area contributed by atoms with Crippen LogP contribution < -0.4 is 5.73 Å². The highest BCUT2D eigenvalue weighted by atomic mass is 14.9. The third-order valence-electron chi connectivity index (χ3n) is 2.89. The molecule has 0 amide bonds. The van der Waals surface area contributed by atoms with E-state index in [1.807, 2.05) is 6.92 Å². The SMILES string of the molecule is C=C1CC(N)=N/C1=C/C(=C\C)C(=C/C)/C(C)C. The minimum Gasteiger partial charge on any atom is -0.387 e. The van der Waals surface area contributed by atoms with Crippen LogP contribution in [0.1, 0.15) is 34.1 Å². The average molecular weight is 230 g/mol. The molecule has 1 aliphatic heterocycles. The van der Waals surface area contributed by atoms with E-state index in [4.69, 9.17) is 5.73 Å². The predicted octanol–water partition coefficient (Wildman–Crippen LogP) is 3.74. The number of aliphatic imine (C=N–C) groups is 1. The Morgan fingerprint density at radius 1 is 1.35 bits per heavy atom. The van der Waals surface area contributed by atoms with E-state index in [0.29, 0.717) is 18.2 Å². The van der Waals surface area contributed by atoms with Gasteiger partial charge in [-0.3, -0.25) is 0 Å². The quantitative estimate of drug-likeness (QED) is 0.737. The van der Waals surface area contributed by atoms with Crippen LogP contribution in [-0.2, 0) is 0 Å². The maximum Gasteiger partial charge on any atom is 0.104 e. The zero-order chi connectivity index (χ0) is 13.0. The van der Waals surface area contributed by atoms with E-state index in [1.54, 1.807) is 0 Å². The standard InChI is InChI=1S/C15H22N2/c1-6-12(13(7-2)10(3)4)9-14-11(5)8-15(16)17-14/h6-7,9-10H,5,8H2,1-4H3,(H2,16,17)/b12-6+,13-7+,14-9+. The summed E-state index contributed by atoms with van der Waals surface area (Å²) in [6.07, 6.45) is 7.04. The zero-order valence-electron chi connectivity index (χ0n) is 11.2. The highest BCUT2D eigenvalue weighted by Gasteiger charge is 2.14. The fraction of sp³-hybridized carbons (Fsp3) is 0.400. The monoisotopic (exact) mass is 230 g/mol. The molecule has 1 aliphatic rings. The van der Waals surface area contributed by atoms with Gasteiger partial charge in [-0.1, -0.05) is 32.6 Å². The fourth-order valence-electron chi connectivity index (χ4n) is 2.03. The Balaban J connectivity index is 3.07. The van der Waals surface area contributed by atoms with E-state index in [2.05, 4.69) is 50.6 Å². The second kappa shape index (κ2) is 5.67. The molecule has 0 aliphatic carbocycles. The van der Waals surface area contributed by atoms with Crippen LogP contribution >= 0.6 is 0 Å². The smallest absolute Gasteiger partial charge is 0.104 e. The molecule has 0 spiro atoms. The molecule has 2 N–H and O–H groups in total. The van der Waals surface area contributed by atoms with Gasteiger partial charge < -0.3 is 5.73 Å². The Hall–Kier alpha value is -1.57. The highest BCUT2D eigenvalue weighted by Crippen LogP contribution is 2.27. The Kier molecular flexibility index (Phi) is 4.50. The molecule has 0 aromatic rings. The Morgan fingerprint density at radius 2 is 2.00 bits per heavy atom. The van der Waals surface area contributed by atoms with Gasteiger partial charge in [0.1, 0.15) is 5.84 Å². The summed E-state index contributed by atoms with van der Waals surface area (Å²) in [5, 5.41) is 0. The third-order valence-corrected chi connectivity index (χ3v) is 2.89. The van der Waals surface area contributed by atoms with Crippen LogP contribution in [0.25, 0.3) is 0 Å². The molecular weight excluding hydrogens is 208 g/mol. The largest absolute Gasteiger partial charge is 0.387 e. The molecule has 17 heavy (non-hydrogen) atoms. The van der Waals surface area contributed by atoms with Crippen molar-refractivity contribution in [3.8, 4) is 0 Å². The van der Waals surface area contributed by atoms with Crippen LogP contribution in [0.4, 0.5) is 0 Å². The van der Waals surface area contributed by atoms with Gasteiger partial charge in [-0.05, 0) is 42.6 Å². The van der Waals surface area contributed by atoms with Crippen molar-refractivity contribution in [3.63, 3.8) is 0 Å². The maximum atomic E-state index is 5.72. The van der Waals surface area contributed by atoms with E-state index in [9.17, 15) is 0 Å². The number of amidine groups is 1. The van der Waals surface area contributed by atoms with Crippen molar-refractivity contribution in [2.45, 2.75) is 34.1 Å². The lowest BCUT2D eigenvalue weighted by Gasteiger charge is -2.12. The van der Waals surface area contributed by atoms with Gasteiger partial charge in [-0.15, -0.1) is 0 Å². The van der Waals surface area contributed by atoms with Gasteiger partial charge in [0, 0.05) is 6.42 Å². The third kappa shape index (κ3) is 3.19. The number of nitrogens with two attached hydrogens (primary N) is 1. The summed E-state index contributed by atoms with van der Waals surface area (Å²) in [5.74, 6) is 1.15. The van der Waals surface area contributed by atoms with E-state index in [1.165, 1.54) is 11.1 Å². The fourth-order valence-corrected chi connectivity index (χ4v) is 2.03. The van der Waals surface area contributed by atoms with Crippen LogP contribution in [-0.4, -0.2) is 5.84 Å². The molecule has 0 aromatic carbocycles. The van der Waals surface area contributed by atoms with Crippen LogP contribution in [0.3, 0.4) is 0 Å². The summed E-state index contributed by atoms with van der Waals surface area (Å²) in [4.78, 5) is 4.32. The Bertz CT molecular complexity index is 432. The minimum atomic E-state index is 0.499. The zero-order valence-corrected chi connectivity index (χ0v) is 11.2. The molecule has 2 heteroatoms. The lowest BCUT2D eigenvalue weighted by Crippen LogP contribution is -2.06. The number of hydrogen-bond donors (Lipinski definition) is 1. The van der Waals surface area contributed by atoms with Gasteiger partial charge >= 0.3 is 0 Å². The van der Waals surface area contributed by atoms with Crippen molar-refractivity contribution < 1.29 is 0 Å². The normalized spacial score (nSPS) is 20.4. The molecule has 0 fully saturated rings. The maximum absolute atomic E-state index is 5.72. The van der Waals surface area contributed by atoms with Gasteiger partial charge in [-0.2, -0.15) is 0 Å². The van der Waals surface area contributed by atoms with Crippen molar-refractivity contribution in [1.82, 2.24) is 0 Å². The van der Waals surface area contributed by atoms with Crippen molar-refractivity contribution in [2.75, 3.05) is 0 Å². The van der Waals surface area contributed by atoms with Crippen LogP contribution in [0.5, 0.6) is 0 Å². The summed E-state index contributed by atoms with van der Waals surface area (Å²) in [5.41, 5.74) is 10.2. The van der Waals surface area contributed by atoms with Crippen molar-refractivity contribution in [1.29, 1.82) is 0 Å². The molecule has 0 aromatic heterocycles. The first-order valence-electron chi connectivity index (χ1n) is 6.05. The summed E-state index contributed by atoms with van der Waals surface area (Å²) in [7, 11) is 0. The van der Waals surface area contributed by atoms with E-state index >= 15 is 0 Å². The average Bonchev–Trinajstić information content (AvgIpc) is 2.56. The van der Waals surface area contributed by atoms with Crippen molar-refractivity contribution >= 4 is 5.84 Å². The van der Waals surface area contributed by atoms with Gasteiger partial charge in [0.2, 0.25) is 0 Å². The van der Waals surface area contributed by atoms with Gasteiger partial charge in [0.25, 0.3) is 0 Å². The molecular formula is C15H22N2. The van der Waals surface area contributed by atoms with E-state index < -0.39 is 0 Å². The molecule has 1 heterocycles. The predicted molar refractivity (Wildman–Crippen MR) is 75.8 cm³/mol. The molecule has 0 saturated carbocycles. The number of nitrogens with zero attached hydrogens (tertiary/aromatic N) is 1. The number of rotatable bonds is 3. The van der Waals surface area contributed by atoms with Gasteiger partial charge in [0.05, 0.1) is 5.70 Å². The molecule has 0 saturated heterocycles. The second-order valence-corrected chi connectivity index (χ2v) is 4.56. The minimum absolute atomic E-state index is 0.499. The Labute approximate surface area is 104 Å². The van der Waals surface area contributed by atoms with Crippen LogP contribution in [0.15, 0.2) is 52.2 Å². The summed E-state index contributed by atoms with van der Waals surface area (Å²) in [6, 6.07) is 0. The van der Waals surface area contributed by atoms with Crippen LogP contribution in [0.2, 0.25) is 0 Å². The molecule has 92 valence electrons. The molecule has 1 rings (SSSR count). The van der Waals surface area contributed by atoms with Crippen molar-refractivity contribution in [2.24, 2.45) is 16.6 Å². The van der Waals surface area contributed by atoms with E-state index in [-0.39, 0.29) is 0 Å². The number of allylic oxidation sites excluding steroid dienone is 6. The molecule has 0 bridgehead atoms. The number of hydrogen-bond acceptors (Lipinski definition) is 2. The first-order valence-corrected chi connectivity index (χ1v) is 6.05. The first kappa shape index (κ1) is 13.5. The molecule has 0 radical (unpaired) electrons. The topological polar surface area (TPSA) is 38.4 Å². The molecule has 2 nitrogen and oxygen atoms in total. The Morgan fingerprint density at radius 3 is 2.35 bits per heavy atom. The first-order chi connectivity index (χ1) is 7.99. The summed E-state index contributed by atoms with van der Waals surface area (Å²) >= 11 is 0. The van der Waals surface area contributed by atoms with Gasteiger partial charge in [0.15, 0.2) is 0 Å². The van der Waals surface area contributed by atoms with E-state index in [0.717, 1.165) is 11.3 Å². The molecule has 0 atom stereocenters. The summed E-state index contributed by atoms with van der Waals surface area (Å²) < 4.78 is 0. The summed E-state index contributed by atoms with van der Waals surface area (Å²) in [6.45, 7) is 12.5. The van der Waals surface area contributed by atoms with Crippen LogP contribution in [0, 0.1) is 5.92 Å². The molecule has 0 unspecified atom stereocenters. The lowest BCUT2D eigenvalue weighted by molar-refractivity contribution is 0.780. The highest BCUT2D eigenvalue weighted by molar-refractivity contribution is 5.88. The van der Waals surface area contributed by atoms with Crippen molar-refractivity contribution in [3.05, 3.63) is 47.2 Å². The lowest BCUT2D eigenvalue weighted by atomic mass is 9.93.